The van der Waals surface area contributed by atoms with Gasteiger partial charge >= 0.3 is 0 Å². The maximum Gasteiger partial charge on any atom is 0.224 e. The maximum absolute atomic E-state index is 11.6. The molecular weight excluding hydrogens is 396 g/mol. The van der Waals surface area contributed by atoms with Crippen molar-refractivity contribution in [1.29, 1.82) is 0 Å². The van der Waals surface area contributed by atoms with Crippen LogP contribution in [0.4, 0.5) is 11.5 Å². The van der Waals surface area contributed by atoms with Gasteiger partial charge in [0.2, 0.25) is 5.91 Å². The smallest absolute Gasteiger partial charge is 0.224 e. The summed E-state index contributed by atoms with van der Waals surface area (Å²) in [6, 6.07) is 18.6. The van der Waals surface area contributed by atoms with Gasteiger partial charge in [0.1, 0.15) is 5.82 Å². The Bertz CT molecular complexity index is 998. The highest BCUT2D eigenvalue weighted by Gasteiger charge is 2.19. The van der Waals surface area contributed by atoms with E-state index >= 15 is 0 Å². The quantitative estimate of drug-likeness (QED) is 0.638. The summed E-state index contributed by atoms with van der Waals surface area (Å²) in [5.74, 6) is 1.09. The zero-order valence-electron chi connectivity index (χ0n) is 17.6. The number of carbonyl (C=O) groups is 1. The van der Waals surface area contributed by atoms with Crippen LogP contribution in [0, 0.1) is 0 Å². The third kappa shape index (κ3) is 4.74. The van der Waals surface area contributed by atoms with Crippen LogP contribution in [-0.4, -0.2) is 48.5 Å². The molecule has 2 aromatic carbocycles. The first-order valence-electron chi connectivity index (χ1n) is 10.4. The van der Waals surface area contributed by atoms with Crippen LogP contribution in [0.2, 0.25) is 0 Å². The molecule has 1 N–H and O–H groups in total. The number of pyridine rings is 1. The molecular formula is C24H29ClN4O. The SMILES string of the molecule is CCC(=O)Nc1ccc(-c2cc3ccccc3c(N3CCN(CC)CC3)n2)cc1.Cl. The summed E-state index contributed by atoms with van der Waals surface area (Å²) in [4.78, 5) is 21.6. The van der Waals surface area contributed by atoms with Crippen molar-refractivity contribution in [3.05, 3.63) is 54.6 Å². The molecule has 4 rings (SSSR count). The van der Waals surface area contributed by atoms with Gasteiger partial charge < -0.3 is 15.1 Å². The highest BCUT2D eigenvalue weighted by molar-refractivity contribution is 5.95. The Morgan fingerprint density at radius 2 is 1.70 bits per heavy atom. The lowest BCUT2D eigenvalue weighted by atomic mass is 10.1. The largest absolute Gasteiger partial charge is 0.354 e. The molecule has 1 aliphatic rings. The number of hydrogen-bond donors (Lipinski definition) is 1. The van der Waals surface area contributed by atoms with Gasteiger partial charge in [0.15, 0.2) is 0 Å². The van der Waals surface area contributed by atoms with Crippen LogP contribution < -0.4 is 10.2 Å². The van der Waals surface area contributed by atoms with Crippen LogP contribution in [0.1, 0.15) is 20.3 Å². The van der Waals surface area contributed by atoms with Crippen LogP contribution in [0.25, 0.3) is 22.0 Å². The van der Waals surface area contributed by atoms with Gasteiger partial charge in [-0.3, -0.25) is 4.79 Å². The molecule has 0 radical (unpaired) electrons. The summed E-state index contributed by atoms with van der Waals surface area (Å²) < 4.78 is 0. The van der Waals surface area contributed by atoms with Gasteiger partial charge in [-0.25, -0.2) is 4.98 Å². The van der Waals surface area contributed by atoms with Crippen molar-refractivity contribution in [3.63, 3.8) is 0 Å². The molecule has 5 nitrogen and oxygen atoms in total. The highest BCUT2D eigenvalue weighted by atomic mass is 35.5. The van der Waals surface area contributed by atoms with Gasteiger partial charge in [0.25, 0.3) is 0 Å². The van der Waals surface area contributed by atoms with Crippen molar-refractivity contribution < 1.29 is 4.79 Å². The normalized spacial score (nSPS) is 14.4. The summed E-state index contributed by atoms with van der Waals surface area (Å²) in [5.41, 5.74) is 2.83. The first kappa shape index (κ1) is 22.1. The zero-order chi connectivity index (χ0) is 20.2. The Balaban J connectivity index is 0.00000256. The van der Waals surface area contributed by atoms with E-state index in [1.165, 1.54) is 10.8 Å². The number of piperazine rings is 1. The molecule has 0 spiro atoms. The Hall–Kier alpha value is -2.63. The number of carbonyl (C=O) groups excluding carboxylic acids is 1. The summed E-state index contributed by atoms with van der Waals surface area (Å²) >= 11 is 0. The number of amides is 1. The molecule has 158 valence electrons. The van der Waals surface area contributed by atoms with E-state index in [4.69, 9.17) is 4.98 Å². The summed E-state index contributed by atoms with van der Waals surface area (Å²) in [5, 5.41) is 5.30. The molecule has 2 heterocycles. The van der Waals surface area contributed by atoms with Crippen LogP contribution in [0.15, 0.2) is 54.6 Å². The van der Waals surface area contributed by atoms with Crippen LogP contribution in [0.5, 0.6) is 0 Å². The predicted octanol–water partition coefficient (Wildman–Crippen LogP) is 4.81. The van der Waals surface area contributed by atoms with Gasteiger partial charge in [0, 0.05) is 49.2 Å². The van der Waals surface area contributed by atoms with E-state index in [9.17, 15) is 4.79 Å². The Labute approximate surface area is 184 Å². The number of fused-ring (bicyclic) bond motifs is 1. The van der Waals surface area contributed by atoms with E-state index < -0.39 is 0 Å². The molecule has 0 bridgehead atoms. The fourth-order valence-corrected chi connectivity index (χ4v) is 3.82. The molecule has 1 amide bonds. The van der Waals surface area contributed by atoms with Crippen molar-refractivity contribution in [2.24, 2.45) is 0 Å². The Kier molecular flexibility index (Phi) is 7.29. The molecule has 1 fully saturated rings. The van der Waals surface area contributed by atoms with Crippen molar-refractivity contribution in [2.45, 2.75) is 20.3 Å². The minimum Gasteiger partial charge on any atom is -0.354 e. The number of nitrogens with one attached hydrogen (secondary N) is 1. The molecule has 1 aliphatic heterocycles. The fourth-order valence-electron chi connectivity index (χ4n) is 3.82. The number of benzene rings is 2. The van der Waals surface area contributed by atoms with Crippen LogP contribution in [0.3, 0.4) is 0 Å². The summed E-state index contributed by atoms with van der Waals surface area (Å²) in [6.45, 7) is 9.31. The van der Waals surface area contributed by atoms with Gasteiger partial charge in [-0.1, -0.05) is 50.2 Å². The van der Waals surface area contributed by atoms with Crippen molar-refractivity contribution in [2.75, 3.05) is 42.9 Å². The fraction of sp³-hybridized carbons (Fsp3) is 0.333. The Morgan fingerprint density at radius 3 is 2.37 bits per heavy atom. The second-order valence-corrected chi connectivity index (χ2v) is 7.45. The molecule has 1 saturated heterocycles. The standard InChI is InChI=1S/C24H28N4O.ClH/c1-3-23(29)25-20-11-9-18(10-12-20)22-17-19-7-5-6-8-21(19)24(26-22)28-15-13-27(4-2)14-16-28;/h5-12,17H,3-4,13-16H2,1-2H3,(H,25,29);1H. The lowest BCUT2D eigenvalue weighted by molar-refractivity contribution is -0.115. The second kappa shape index (κ2) is 9.92. The molecule has 3 aromatic rings. The average Bonchev–Trinajstić information content (AvgIpc) is 2.79. The van der Waals surface area contributed by atoms with Crippen molar-refractivity contribution in [3.8, 4) is 11.3 Å². The first-order valence-corrected chi connectivity index (χ1v) is 10.4. The number of nitrogens with zero attached hydrogens (tertiary/aromatic N) is 3. The maximum atomic E-state index is 11.6. The monoisotopic (exact) mass is 424 g/mol. The second-order valence-electron chi connectivity index (χ2n) is 7.45. The molecule has 30 heavy (non-hydrogen) atoms. The van der Waals surface area contributed by atoms with Crippen molar-refractivity contribution >= 4 is 40.6 Å². The average molecular weight is 425 g/mol. The van der Waals surface area contributed by atoms with Gasteiger partial charge in [-0.15, -0.1) is 12.4 Å². The van der Waals surface area contributed by atoms with Crippen LogP contribution in [-0.2, 0) is 4.79 Å². The topological polar surface area (TPSA) is 48.5 Å². The van der Waals surface area contributed by atoms with E-state index in [1.54, 1.807) is 0 Å². The van der Waals surface area contributed by atoms with E-state index in [0.29, 0.717) is 6.42 Å². The number of rotatable bonds is 5. The molecule has 0 unspecified atom stereocenters. The number of anilines is 2. The van der Waals surface area contributed by atoms with E-state index in [2.05, 4.69) is 52.4 Å². The summed E-state index contributed by atoms with van der Waals surface area (Å²) in [7, 11) is 0. The minimum atomic E-state index is 0. The highest BCUT2D eigenvalue weighted by Crippen LogP contribution is 2.31. The predicted molar refractivity (Wildman–Crippen MR) is 128 cm³/mol. The zero-order valence-corrected chi connectivity index (χ0v) is 18.4. The van der Waals surface area contributed by atoms with E-state index in [0.717, 1.165) is 55.5 Å². The van der Waals surface area contributed by atoms with Crippen molar-refractivity contribution in [1.82, 2.24) is 9.88 Å². The van der Waals surface area contributed by atoms with E-state index in [-0.39, 0.29) is 18.3 Å². The Morgan fingerprint density at radius 1 is 1.00 bits per heavy atom. The first-order chi connectivity index (χ1) is 14.2. The lowest BCUT2D eigenvalue weighted by Crippen LogP contribution is -2.46. The van der Waals surface area contributed by atoms with Gasteiger partial charge in [-0.2, -0.15) is 0 Å². The molecule has 0 aliphatic carbocycles. The third-order valence-electron chi connectivity index (χ3n) is 5.62. The lowest BCUT2D eigenvalue weighted by Gasteiger charge is -2.35. The molecule has 6 heteroatoms. The molecule has 1 aromatic heterocycles. The number of hydrogen-bond acceptors (Lipinski definition) is 4. The van der Waals surface area contributed by atoms with E-state index in [1.807, 2.05) is 31.2 Å². The molecule has 0 atom stereocenters. The minimum absolute atomic E-state index is 0. The third-order valence-corrected chi connectivity index (χ3v) is 5.62. The van der Waals surface area contributed by atoms with Gasteiger partial charge in [-0.05, 0) is 30.1 Å². The molecule has 0 saturated carbocycles. The number of likely N-dealkylation sites (N-methyl/N-ethyl adjacent to an activating group) is 1. The number of aromatic nitrogens is 1. The summed E-state index contributed by atoms with van der Waals surface area (Å²) in [6.07, 6.45) is 0.475. The number of halogens is 1. The van der Waals surface area contributed by atoms with Gasteiger partial charge in [0.05, 0.1) is 5.69 Å². The van der Waals surface area contributed by atoms with Crippen LogP contribution >= 0.6 is 12.4 Å².